The largest absolute Gasteiger partial charge is 0.494 e. The van der Waals surface area contributed by atoms with Gasteiger partial charge in [-0.1, -0.05) is 0 Å². The van der Waals surface area contributed by atoms with Crippen molar-refractivity contribution in [2.75, 3.05) is 20.3 Å². The molecule has 2 saturated heterocycles. The Bertz CT molecular complexity index is 639. The van der Waals surface area contributed by atoms with Crippen molar-refractivity contribution in [2.45, 2.75) is 57.7 Å². The number of carbonyl (C=O) groups is 1. The molecule has 2 aliphatic heterocycles. The van der Waals surface area contributed by atoms with E-state index in [9.17, 15) is 4.79 Å². The van der Waals surface area contributed by atoms with Gasteiger partial charge in [0, 0.05) is 18.2 Å². The molecule has 1 atom stereocenters. The van der Waals surface area contributed by atoms with Crippen molar-refractivity contribution in [1.82, 2.24) is 4.98 Å². The molecular weight excluding hydrogens is 321 g/mol. The molecule has 1 aromatic heterocycles. The standard InChI is InChI=1S/C18H26BNO5/c1-17(2)18(3,4)25-19(24-17)13-9-14(12-7-6-8-23-11-12)20-15(10-13)16(21)22-5/h9-10,12H,6-8,11H2,1-5H3. The van der Waals surface area contributed by atoms with Gasteiger partial charge in [0.1, 0.15) is 5.69 Å². The third kappa shape index (κ3) is 3.59. The lowest BCUT2D eigenvalue weighted by molar-refractivity contribution is 0.00578. The summed E-state index contributed by atoms with van der Waals surface area (Å²) in [5.41, 5.74) is 0.998. The van der Waals surface area contributed by atoms with Crippen LogP contribution >= 0.6 is 0 Å². The minimum atomic E-state index is -0.542. The number of pyridine rings is 1. The Morgan fingerprint density at radius 2 is 1.92 bits per heavy atom. The van der Waals surface area contributed by atoms with E-state index in [4.69, 9.17) is 18.8 Å². The van der Waals surface area contributed by atoms with Crippen LogP contribution < -0.4 is 5.46 Å². The van der Waals surface area contributed by atoms with Gasteiger partial charge in [-0.05, 0) is 58.1 Å². The highest BCUT2D eigenvalue weighted by molar-refractivity contribution is 6.62. The maximum Gasteiger partial charge on any atom is 0.494 e. The zero-order valence-corrected chi connectivity index (χ0v) is 15.6. The molecule has 0 amide bonds. The number of nitrogens with zero attached hydrogens (tertiary/aromatic N) is 1. The van der Waals surface area contributed by atoms with Crippen LogP contribution in [0.4, 0.5) is 0 Å². The smallest absolute Gasteiger partial charge is 0.464 e. The molecule has 2 fully saturated rings. The zero-order chi connectivity index (χ0) is 18.2. The molecule has 0 spiro atoms. The van der Waals surface area contributed by atoms with Crippen molar-refractivity contribution >= 4 is 18.6 Å². The predicted octanol–water partition coefficient (Wildman–Crippen LogP) is 2.06. The van der Waals surface area contributed by atoms with Crippen LogP contribution in [-0.4, -0.2) is 49.6 Å². The molecule has 3 rings (SSSR count). The zero-order valence-electron chi connectivity index (χ0n) is 15.6. The lowest BCUT2D eigenvalue weighted by atomic mass is 9.78. The lowest BCUT2D eigenvalue weighted by Crippen LogP contribution is -2.41. The van der Waals surface area contributed by atoms with Gasteiger partial charge in [-0.3, -0.25) is 0 Å². The Morgan fingerprint density at radius 3 is 2.48 bits per heavy atom. The Hall–Kier alpha value is -1.44. The number of hydrogen-bond acceptors (Lipinski definition) is 6. The molecule has 1 unspecified atom stereocenters. The highest BCUT2D eigenvalue weighted by Gasteiger charge is 2.52. The van der Waals surface area contributed by atoms with Crippen molar-refractivity contribution in [1.29, 1.82) is 0 Å². The van der Waals surface area contributed by atoms with Crippen LogP contribution in [0, 0.1) is 0 Å². The average Bonchev–Trinajstić information content (AvgIpc) is 2.82. The van der Waals surface area contributed by atoms with E-state index in [-0.39, 0.29) is 11.6 Å². The van der Waals surface area contributed by atoms with Crippen LogP contribution in [0.15, 0.2) is 12.1 Å². The predicted molar refractivity (Wildman–Crippen MR) is 94.1 cm³/mol. The van der Waals surface area contributed by atoms with Crippen LogP contribution in [0.1, 0.15) is 62.6 Å². The van der Waals surface area contributed by atoms with Crippen molar-refractivity contribution in [3.05, 3.63) is 23.5 Å². The monoisotopic (exact) mass is 347 g/mol. The maximum atomic E-state index is 12.1. The first-order valence-corrected chi connectivity index (χ1v) is 8.77. The molecule has 0 radical (unpaired) electrons. The number of aromatic nitrogens is 1. The normalized spacial score (nSPS) is 25.0. The van der Waals surface area contributed by atoms with Crippen LogP contribution in [0.25, 0.3) is 0 Å². The summed E-state index contributed by atoms with van der Waals surface area (Å²) in [5.74, 6) is -0.295. The first-order chi connectivity index (χ1) is 11.7. The Balaban J connectivity index is 1.97. The SMILES string of the molecule is COC(=O)c1cc(B2OC(C)(C)C(C)(C)O2)cc(C2CCCOC2)n1. The van der Waals surface area contributed by atoms with E-state index < -0.39 is 24.3 Å². The molecular formula is C18H26BNO5. The van der Waals surface area contributed by atoms with E-state index >= 15 is 0 Å². The van der Waals surface area contributed by atoms with Gasteiger partial charge < -0.3 is 18.8 Å². The van der Waals surface area contributed by atoms with E-state index in [1.165, 1.54) is 7.11 Å². The quantitative estimate of drug-likeness (QED) is 0.616. The number of ether oxygens (including phenoxy) is 2. The van der Waals surface area contributed by atoms with Gasteiger partial charge >= 0.3 is 13.1 Å². The fourth-order valence-electron chi connectivity index (χ4n) is 3.08. The first kappa shape index (κ1) is 18.4. The van der Waals surface area contributed by atoms with Gasteiger partial charge in [-0.15, -0.1) is 0 Å². The number of carbonyl (C=O) groups excluding carboxylic acids is 1. The summed E-state index contributed by atoms with van der Waals surface area (Å²) < 4.78 is 22.7. The summed E-state index contributed by atoms with van der Waals surface area (Å²) in [7, 11) is 0.814. The molecule has 6 nitrogen and oxygen atoms in total. The van der Waals surface area contributed by atoms with E-state index in [0.29, 0.717) is 6.61 Å². The minimum Gasteiger partial charge on any atom is -0.464 e. The Morgan fingerprint density at radius 1 is 1.24 bits per heavy atom. The fraction of sp³-hybridized carbons (Fsp3) is 0.667. The fourth-order valence-corrected chi connectivity index (χ4v) is 3.08. The average molecular weight is 347 g/mol. The summed E-state index contributed by atoms with van der Waals surface area (Å²) in [6.07, 6.45) is 1.97. The topological polar surface area (TPSA) is 66.9 Å². The Labute approximate surface area is 149 Å². The second-order valence-corrected chi connectivity index (χ2v) is 7.70. The molecule has 0 aliphatic carbocycles. The summed E-state index contributed by atoms with van der Waals surface area (Å²) in [4.78, 5) is 16.6. The highest BCUT2D eigenvalue weighted by Crippen LogP contribution is 2.36. The summed E-state index contributed by atoms with van der Waals surface area (Å²) in [6.45, 7) is 9.41. The summed E-state index contributed by atoms with van der Waals surface area (Å²) in [5, 5.41) is 0. The molecule has 1 aromatic rings. The first-order valence-electron chi connectivity index (χ1n) is 8.77. The van der Waals surface area contributed by atoms with Gasteiger partial charge in [0.05, 0.1) is 24.9 Å². The Kier molecular flexibility index (Phi) is 4.92. The van der Waals surface area contributed by atoms with Gasteiger partial charge in [-0.2, -0.15) is 0 Å². The second-order valence-electron chi connectivity index (χ2n) is 7.70. The number of hydrogen-bond donors (Lipinski definition) is 0. The van der Waals surface area contributed by atoms with Crippen molar-refractivity contribution in [3.63, 3.8) is 0 Å². The van der Waals surface area contributed by atoms with E-state index in [2.05, 4.69) is 4.98 Å². The second kappa shape index (κ2) is 6.70. The minimum absolute atomic E-state index is 0.166. The van der Waals surface area contributed by atoms with Crippen LogP contribution in [0.2, 0.25) is 0 Å². The van der Waals surface area contributed by atoms with Crippen molar-refractivity contribution in [2.24, 2.45) is 0 Å². The molecule has 7 heteroatoms. The molecule has 3 heterocycles. The third-order valence-corrected chi connectivity index (χ3v) is 5.37. The molecule has 0 bridgehead atoms. The van der Waals surface area contributed by atoms with E-state index in [0.717, 1.165) is 30.6 Å². The number of rotatable bonds is 3. The van der Waals surface area contributed by atoms with Gasteiger partial charge in [0.15, 0.2) is 0 Å². The summed E-state index contributed by atoms with van der Waals surface area (Å²) in [6, 6.07) is 3.66. The molecule has 25 heavy (non-hydrogen) atoms. The van der Waals surface area contributed by atoms with Gasteiger partial charge in [-0.25, -0.2) is 9.78 Å². The highest BCUT2D eigenvalue weighted by atomic mass is 16.7. The summed E-state index contributed by atoms with van der Waals surface area (Å²) >= 11 is 0. The molecule has 2 aliphatic rings. The molecule has 0 saturated carbocycles. The molecule has 0 N–H and O–H groups in total. The van der Waals surface area contributed by atoms with Gasteiger partial charge in [0.2, 0.25) is 0 Å². The molecule has 0 aromatic carbocycles. The number of esters is 1. The molecule has 136 valence electrons. The van der Waals surface area contributed by atoms with Crippen LogP contribution in [0.3, 0.4) is 0 Å². The van der Waals surface area contributed by atoms with E-state index in [1.54, 1.807) is 6.07 Å². The van der Waals surface area contributed by atoms with Crippen LogP contribution in [-0.2, 0) is 18.8 Å². The van der Waals surface area contributed by atoms with Crippen molar-refractivity contribution in [3.8, 4) is 0 Å². The van der Waals surface area contributed by atoms with Gasteiger partial charge in [0.25, 0.3) is 0 Å². The number of methoxy groups -OCH3 is 1. The lowest BCUT2D eigenvalue weighted by Gasteiger charge is -2.32. The third-order valence-electron chi connectivity index (χ3n) is 5.37. The van der Waals surface area contributed by atoms with Crippen molar-refractivity contribution < 1.29 is 23.6 Å². The van der Waals surface area contributed by atoms with Crippen LogP contribution in [0.5, 0.6) is 0 Å². The van der Waals surface area contributed by atoms with E-state index in [1.807, 2.05) is 33.8 Å². The maximum absolute atomic E-state index is 12.1.